The van der Waals surface area contributed by atoms with E-state index in [1.807, 2.05) is 0 Å². The largest absolute Gasteiger partial charge is 0.295 e. The zero-order valence-corrected chi connectivity index (χ0v) is 8.76. The van der Waals surface area contributed by atoms with E-state index in [0.717, 1.165) is 5.57 Å². The molecule has 0 heterocycles. The topological polar surface area (TPSA) is 17.1 Å². The zero-order chi connectivity index (χ0) is 9.64. The Bertz CT molecular complexity index is 275. The molecule has 2 unspecified atom stereocenters. The lowest BCUT2D eigenvalue weighted by Gasteiger charge is -2.33. The van der Waals surface area contributed by atoms with Gasteiger partial charge in [-0.05, 0) is 43.6 Å². The van der Waals surface area contributed by atoms with E-state index in [2.05, 4.69) is 19.9 Å². The summed E-state index contributed by atoms with van der Waals surface area (Å²) in [5.41, 5.74) is 1.40. The lowest BCUT2D eigenvalue weighted by molar-refractivity contribution is -0.114. The van der Waals surface area contributed by atoms with Gasteiger partial charge in [0, 0.05) is 5.41 Å². The van der Waals surface area contributed by atoms with E-state index >= 15 is 0 Å². The smallest absolute Gasteiger partial charge is 0.156 e. The lowest BCUT2D eigenvalue weighted by Crippen LogP contribution is -2.27. The quantitative estimate of drug-likeness (QED) is 0.635. The summed E-state index contributed by atoms with van der Waals surface area (Å²) < 4.78 is 0. The van der Waals surface area contributed by atoms with Crippen molar-refractivity contribution in [2.45, 2.75) is 40.0 Å². The van der Waals surface area contributed by atoms with Crippen molar-refractivity contribution in [2.75, 3.05) is 0 Å². The molecule has 0 aromatic carbocycles. The van der Waals surface area contributed by atoms with Gasteiger partial charge in [-0.15, -0.1) is 0 Å². The highest BCUT2D eigenvalue weighted by molar-refractivity contribution is 5.95. The molecule has 2 rings (SSSR count). The maximum Gasteiger partial charge on any atom is 0.156 e. The minimum atomic E-state index is 0.260. The summed E-state index contributed by atoms with van der Waals surface area (Å²) in [6.45, 7) is 6.23. The Morgan fingerprint density at radius 3 is 2.69 bits per heavy atom. The van der Waals surface area contributed by atoms with Crippen LogP contribution < -0.4 is 0 Å². The number of fused-ring (bicyclic) bond motifs is 2. The van der Waals surface area contributed by atoms with E-state index in [-0.39, 0.29) is 5.41 Å². The molecule has 13 heavy (non-hydrogen) atoms. The molecule has 1 heteroatoms. The van der Waals surface area contributed by atoms with E-state index in [9.17, 15) is 4.79 Å². The average molecular weight is 178 g/mol. The summed E-state index contributed by atoms with van der Waals surface area (Å²) in [6, 6.07) is 0. The molecule has 1 fully saturated rings. The van der Waals surface area contributed by atoms with Crippen molar-refractivity contribution in [3.8, 4) is 0 Å². The maximum absolute atomic E-state index is 11.5. The molecule has 0 aromatic rings. The second kappa shape index (κ2) is 2.70. The monoisotopic (exact) mass is 178 g/mol. The molecule has 1 saturated carbocycles. The SMILES string of the molecule is CC(=O)C1=CC2CCC1(C(C)C)C2. The summed E-state index contributed by atoms with van der Waals surface area (Å²) >= 11 is 0. The van der Waals surface area contributed by atoms with Crippen molar-refractivity contribution in [3.05, 3.63) is 11.6 Å². The first-order valence-corrected chi connectivity index (χ1v) is 5.29. The van der Waals surface area contributed by atoms with E-state index in [4.69, 9.17) is 0 Å². The number of ketones is 1. The molecular weight excluding hydrogens is 160 g/mol. The van der Waals surface area contributed by atoms with Crippen LogP contribution in [0.2, 0.25) is 0 Å². The summed E-state index contributed by atoms with van der Waals surface area (Å²) in [5, 5.41) is 0. The Kier molecular flexibility index (Phi) is 1.86. The number of Topliss-reactive ketones (excluding diaryl/α,β-unsaturated/α-hetero) is 1. The molecule has 2 aliphatic carbocycles. The van der Waals surface area contributed by atoms with E-state index in [1.165, 1.54) is 19.3 Å². The molecule has 1 nitrogen and oxygen atoms in total. The second-order valence-electron chi connectivity index (χ2n) is 4.95. The third-order valence-electron chi connectivity index (χ3n) is 4.01. The van der Waals surface area contributed by atoms with Crippen molar-refractivity contribution >= 4 is 5.78 Å². The number of hydrogen-bond acceptors (Lipinski definition) is 1. The molecule has 72 valence electrons. The van der Waals surface area contributed by atoms with Gasteiger partial charge in [0.25, 0.3) is 0 Å². The average Bonchev–Trinajstić information content (AvgIpc) is 2.60. The molecule has 2 aliphatic rings. The third-order valence-corrected chi connectivity index (χ3v) is 4.01. The van der Waals surface area contributed by atoms with Gasteiger partial charge >= 0.3 is 0 Å². The number of carbonyl (C=O) groups is 1. The van der Waals surface area contributed by atoms with Crippen LogP contribution in [-0.4, -0.2) is 5.78 Å². The van der Waals surface area contributed by atoms with Crippen LogP contribution >= 0.6 is 0 Å². The first kappa shape index (κ1) is 8.98. The van der Waals surface area contributed by atoms with Crippen molar-refractivity contribution in [2.24, 2.45) is 17.3 Å². The molecular formula is C12H18O. The second-order valence-corrected chi connectivity index (χ2v) is 4.95. The minimum Gasteiger partial charge on any atom is -0.295 e. The fourth-order valence-corrected chi connectivity index (χ4v) is 3.21. The number of carbonyl (C=O) groups excluding carboxylic acids is 1. The molecule has 0 amide bonds. The molecule has 2 bridgehead atoms. The summed E-state index contributed by atoms with van der Waals surface area (Å²) in [4.78, 5) is 11.5. The highest BCUT2D eigenvalue weighted by atomic mass is 16.1. The van der Waals surface area contributed by atoms with Crippen LogP contribution in [-0.2, 0) is 4.79 Å². The van der Waals surface area contributed by atoms with Gasteiger partial charge in [-0.25, -0.2) is 0 Å². The van der Waals surface area contributed by atoms with Crippen LogP contribution in [0, 0.1) is 17.3 Å². The fourth-order valence-electron chi connectivity index (χ4n) is 3.21. The molecule has 0 N–H and O–H groups in total. The van der Waals surface area contributed by atoms with Gasteiger partial charge in [-0.3, -0.25) is 4.79 Å². The van der Waals surface area contributed by atoms with Crippen molar-refractivity contribution in [1.82, 2.24) is 0 Å². The van der Waals surface area contributed by atoms with E-state index < -0.39 is 0 Å². The summed E-state index contributed by atoms with van der Waals surface area (Å²) in [5.74, 6) is 1.63. The van der Waals surface area contributed by atoms with Gasteiger partial charge in [-0.2, -0.15) is 0 Å². The van der Waals surface area contributed by atoms with Gasteiger partial charge in [0.1, 0.15) is 0 Å². The molecule has 0 aliphatic heterocycles. The van der Waals surface area contributed by atoms with Gasteiger partial charge in [0.05, 0.1) is 0 Å². The lowest BCUT2D eigenvalue weighted by atomic mass is 9.70. The van der Waals surface area contributed by atoms with Crippen LogP contribution in [0.4, 0.5) is 0 Å². The predicted molar refractivity (Wildman–Crippen MR) is 53.4 cm³/mol. The minimum absolute atomic E-state index is 0.260. The maximum atomic E-state index is 11.5. The summed E-state index contributed by atoms with van der Waals surface area (Å²) in [6.07, 6.45) is 6.02. The van der Waals surface area contributed by atoms with Crippen LogP contribution in [0.25, 0.3) is 0 Å². The first-order valence-electron chi connectivity index (χ1n) is 5.29. The van der Waals surface area contributed by atoms with Gasteiger partial charge in [0.2, 0.25) is 0 Å². The normalized spacial score (nSPS) is 36.9. The predicted octanol–water partition coefficient (Wildman–Crippen LogP) is 2.96. The van der Waals surface area contributed by atoms with Gasteiger partial charge in [0.15, 0.2) is 5.78 Å². The number of allylic oxidation sites excluding steroid dienone is 2. The van der Waals surface area contributed by atoms with E-state index in [0.29, 0.717) is 17.6 Å². The van der Waals surface area contributed by atoms with Crippen molar-refractivity contribution in [1.29, 1.82) is 0 Å². The Hall–Kier alpha value is -0.590. The van der Waals surface area contributed by atoms with Crippen molar-refractivity contribution in [3.63, 3.8) is 0 Å². The Morgan fingerprint density at radius 1 is 1.62 bits per heavy atom. The van der Waals surface area contributed by atoms with Crippen molar-refractivity contribution < 1.29 is 4.79 Å². The van der Waals surface area contributed by atoms with Crippen LogP contribution in [0.1, 0.15) is 40.0 Å². The Labute approximate surface area is 80.2 Å². The zero-order valence-electron chi connectivity index (χ0n) is 8.76. The van der Waals surface area contributed by atoms with E-state index in [1.54, 1.807) is 6.92 Å². The molecule has 0 radical (unpaired) electrons. The molecule has 0 saturated heterocycles. The highest BCUT2D eigenvalue weighted by Gasteiger charge is 2.49. The first-order chi connectivity index (χ1) is 6.06. The summed E-state index contributed by atoms with van der Waals surface area (Å²) in [7, 11) is 0. The van der Waals surface area contributed by atoms with Gasteiger partial charge < -0.3 is 0 Å². The Balaban J connectivity index is 2.38. The van der Waals surface area contributed by atoms with Gasteiger partial charge in [-0.1, -0.05) is 19.9 Å². The molecule has 0 spiro atoms. The van der Waals surface area contributed by atoms with Crippen LogP contribution in [0.3, 0.4) is 0 Å². The fraction of sp³-hybridized carbons (Fsp3) is 0.750. The van der Waals surface area contributed by atoms with Crippen LogP contribution in [0.5, 0.6) is 0 Å². The highest BCUT2D eigenvalue weighted by Crippen LogP contribution is 2.57. The number of hydrogen-bond donors (Lipinski definition) is 0. The number of rotatable bonds is 2. The standard InChI is InChI=1S/C12H18O/c1-8(2)12-5-4-10(7-12)6-11(12)9(3)13/h6,8,10H,4-5,7H2,1-3H3. The van der Waals surface area contributed by atoms with Crippen LogP contribution in [0.15, 0.2) is 11.6 Å². The Morgan fingerprint density at radius 2 is 2.31 bits per heavy atom. The molecule has 2 atom stereocenters. The third kappa shape index (κ3) is 1.09. The molecule has 0 aromatic heterocycles.